The summed E-state index contributed by atoms with van der Waals surface area (Å²) in [7, 11) is 0. The van der Waals surface area contributed by atoms with E-state index in [1.165, 1.54) is 17.0 Å². The predicted molar refractivity (Wildman–Crippen MR) is 118 cm³/mol. The van der Waals surface area contributed by atoms with Gasteiger partial charge in [-0.3, -0.25) is 14.5 Å². The Hall–Kier alpha value is -4.14. The number of nitrogens with one attached hydrogen (secondary N) is 1. The third-order valence-electron chi connectivity index (χ3n) is 5.41. The lowest BCUT2D eigenvalue weighted by molar-refractivity contribution is -0.137. The molecule has 1 N–H and O–H groups in total. The van der Waals surface area contributed by atoms with E-state index in [-0.39, 0.29) is 6.54 Å². The molecule has 3 aromatic rings. The summed E-state index contributed by atoms with van der Waals surface area (Å²) in [5, 5.41) is 2.18. The van der Waals surface area contributed by atoms with Gasteiger partial charge in [0.05, 0.1) is 11.3 Å². The third-order valence-corrected chi connectivity index (χ3v) is 5.41. The largest absolute Gasteiger partial charge is 0.418 e. The molecule has 0 radical (unpaired) electrons. The SMILES string of the molecule is O=C(CN1C(=O)C(c2ccccc2)N(Cc2ccccc2)C1=O)Nc1ccccc1C(F)(F)F. The van der Waals surface area contributed by atoms with Crippen molar-refractivity contribution in [3.8, 4) is 0 Å². The van der Waals surface area contributed by atoms with E-state index in [4.69, 9.17) is 0 Å². The average Bonchev–Trinajstić information content (AvgIpc) is 3.04. The van der Waals surface area contributed by atoms with Crippen molar-refractivity contribution in [2.24, 2.45) is 0 Å². The average molecular weight is 467 g/mol. The predicted octanol–water partition coefficient (Wildman–Crippen LogP) is 4.85. The van der Waals surface area contributed by atoms with Crippen molar-refractivity contribution in [3.05, 3.63) is 102 Å². The lowest BCUT2D eigenvalue weighted by Gasteiger charge is -2.22. The molecule has 1 aliphatic rings. The number of hydrogen-bond acceptors (Lipinski definition) is 3. The molecule has 0 saturated carbocycles. The van der Waals surface area contributed by atoms with E-state index < -0.39 is 47.9 Å². The highest BCUT2D eigenvalue weighted by molar-refractivity contribution is 6.08. The van der Waals surface area contributed by atoms with Gasteiger partial charge in [0.15, 0.2) is 0 Å². The molecule has 4 rings (SSSR count). The summed E-state index contributed by atoms with van der Waals surface area (Å²) < 4.78 is 39.7. The summed E-state index contributed by atoms with van der Waals surface area (Å²) in [6.45, 7) is -0.585. The van der Waals surface area contributed by atoms with Gasteiger partial charge in [-0.1, -0.05) is 72.8 Å². The molecule has 174 valence electrons. The number of imide groups is 1. The van der Waals surface area contributed by atoms with Crippen LogP contribution < -0.4 is 5.32 Å². The van der Waals surface area contributed by atoms with Crippen LogP contribution in [-0.2, 0) is 22.3 Å². The zero-order valence-electron chi connectivity index (χ0n) is 17.8. The van der Waals surface area contributed by atoms with E-state index in [1.54, 1.807) is 42.5 Å². The van der Waals surface area contributed by atoms with Crippen LogP contribution in [0.4, 0.5) is 23.7 Å². The highest BCUT2D eigenvalue weighted by atomic mass is 19.4. The highest BCUT2D eigenvalue weighted by Gasteiger charge is 2.46. The van der Waals surface area contributed by atoms with Crippen molar-refractivity contribution < 1.29 is 27.6 Å². The Morgan fingerprint density at radius 2 is 1.44 bits per heavy atom. The first-order valence-corrected chi connectivity index (χ1v) is 10.4. The van der Waals surface area contributed by atoms with Crippen molar-refractivity contribution in [2.45, 2.75) is 18.8 Å². The fourth-order valence-corrected chi connectivity index (χ4v) is 3.86. The minimum Gasteiger partial charge on any atom is -0.324 e. The Kier molecular flexibility index (Phi) is 6.36. The second-order valence-corrected chi connectivity index (χ2v) is 7.73. The zero-order valence-corrected chi connectivity index (χ0v) is 17.8. The van der Waals surface area contributed by atoms with E-state index in [2.05, 4.69) is 5.32 Å². The first-order valence-electron chi connectivity index (χ1n) is 10.4. The van der Waals surface area contributed by atoms with Crippen LogP contribution in [-0.4, -0.2) is 34.2 Å². The topological polar surface area (TPSA) is 69.7 Å². The molecular formula is C25H20F3N3O3. The molecule has 1 atom stereocenters. The first-order chi connectivity index (χ1) is 16.3. The zero-order chi connectivity index (χ0) is 24.3. The summed E-state index contributed by atoms with van der Waals surface area (Å²) in [6.07, 6.45) is -4.67. The molecule has 0 aliphatic carbocycles. The van der Waals surface area contributed by atoms with Crippen molar-refractivity contribution in [1.29, 1.82) is 0 Å². The van der Waals surface area contributed by atoms with Gasteiger partial charge in [0.2, 0.25) is 5.91 Å². The van der Waals surface area contributed by atoms with Gasteiger partial charge in [0.1, 0.15) is 12.6 Å². The maximum Gasteiger partial charge on any atom is 0.418 e. The molecule has 34 heavy (non-hydrogen) atoms. The summed E-state index contributed by atoms with van der Waals surface area (Å²) in [4.78, 5) is 41.1. The molecule has 1 saturated heterocycles. The summed E-state index contributed by atoms with van der Waals surface area (Å²) in [5.41, 5.74) is -0.104. The van der Waals surface area contributed by atoms with E-state index in [1.807, 2.05) is 18.2 Å². The van der Waals surface area contributed by atoms with Gasteiger partial charge in [0.25, 0.3) is 5.91 Å². The van der Waals surface area contributed by atoms with Crippen molar-refractivity contribution in [1.82, 2.24) is 9.80 Å². The van der Waals surface area contributed by atoms with E-state index >= 15 is 0 Å². The smallest absolute Gasteiger partial charge is 0.324 e. The second-order valence-electron chi connectivity index (χ2n) is 7.73. The number of amides is 4. The Bertz CT molecular complexity index is 1200. The molecular weight excluding hydrogens is 447 g/mol. The molecule has 1 unspecified atom stereocenters. The monoisotopic (exact) mass is 467 g/mol. The van der Waals surface area contributed by atoms with Gasteiger partial charge in [0, 0.05) is 6.54 Å². The van der Waals surface area contributed by atoms with Crippen LogP contribution in [0.15, 0.2) is 84.9 Å². The number of benzene rings is 3. The summed E-state index contributed by atoms with van der Waals surface area (Å²) in [6, 6.07) is 20.6. The van der Waals surface area contributed by atoms with E-state index in [0.29, 0.717) is 5.56 Å². The standard InChI is InChI=1S/C25H20F3N3O3/c26-25(27,28)19-13-7-8-14-20(19)29-21(32)16-31-23(33)22(18-11-5-2-6-12-18)30(24(31)34)15-17-9-3-1-4-10-17/h1-14,22H,15-16H2,(H,29,32). The van der Waals surface area contributed by atoms with Crippen molar-refractivity contribution >= 4 is 23.5 Å². The fourth-order valence-electron chi connectivity index (χ4n) is 3.86. The van der Waals surface area contributed by atoms with E-state index in [0.717, 1.165) is 22.6 Å². The number of anilines is 1. The van der Waals surface area contributed by atoms with Crippen LogP contribution in [0.5, 0.6) is 0 Å². The molecule has 1 heterocycles. The van der Waals surface area contributed by atoms with Crippen LogP contribution >= 0.6 is 0 Å². The minimum absolute atomic E-state index is 0.125. The maximum absolute atomic E-state index is 13.2. The fraction of sp³-hybridized carbons (Fsp3) is 0.160. The number of para-hydroxylation sites is 1. The molecule has 0 bridgehead atoms. The minimum atomic E-state index is -4.67. The molecule has 0 aromatic heterocycles. The van der Waals surface area contributed by atoms with Gasteiger partial charge in [-0.15, -0.1) is 0 Å². The first kappa shape index (κ1) is 23.0. The highest BCUT2D eigenvalue weighted by Crippen LogP contribution is 2.35. The number of carbonyl (C=O) groups excluding carboxylic acids is 3. The van der Waals surface area contributed by atoms with Gasteiger partial charge < -0.3 is 10.2 Å². The number of alkyl halides is 3. The van der Waals surface area contributed by atoms with Crippen LogP contribution in [0.25, 0.3) is 0 Å². The molecule has 1 fully saturated rings. The molecule has 4 amide bonds. The molecule has 3 aromatic carbocycles. The lowest BCUT2D eigenvalue weighted by atomic mass is 10.1. The van der Waals surface area contributed by atoms with Crippen molar-refractivity contribution in [3.63, 3.8) is 0 Å². The number of carbonyl (C=O) groups is 3. The Morgan fingerprint density at radius 1 is 0.853 bits per heavy atom. The Labute approximate surface area is 193 Å². The number of halogens is 3. The number of hydrogen-bond donors (Lipinski definition) is 1. The summed E-state index contributed by atoms with van der Waals surface area (Å²) in [5.74, 6) is -1.53. The number of rotatable bonds is 6. The quantitative estimate of drug-likeness (QED) is 0.527. The molecule has 9 heteroatoms. The lowest BCUT2D eigenvalue weighted by Crippen LogP contribution is -2.39. The van der Waals surface area contributed by atoms with Crippen LogP contribution in [0.2, 0.25) is 0 Å². The third kappa shape index (κ3) is 4.78. The number of urea groups is 1. The van der Waals surface area contributed by atoms with Gasteiger partial charge in [-0.2, -0.15) is 13.2 Å². The molecule has 6 nitrogen and oxygen atoms in total. The van der Waals surface area contributed by atoms with Crippen LogP contribution in [0.1, 0.15) is 22.7 Å². The van der Waals surface area contributed by atoms with Crippen LogP contribution in [0, 0.1) is 0 Å². The van der Waals surface area contributed by atoms with Gasteiger partial charge >= 0.3 is 12.2 Å². The van der Waals surface area contributed by atoms with Crippen LogP contribution in [0.3, 0.4) is 0 Å². The maximum atomic E-state index is 13.2. The number of nitrogens with zero attached hydrogens (tertiary/aromatic N) is 2. The van der Waals surface area contributed by atoms with E-state index in [9.17, 15) is 27.6 Å². The second kappa shape index (κ2) is 9.38. The Balaban J connectivity index is 1.58. The normalized spacial score (nSPS) is 16.1. The summed E-state index contributed by atoms with van der Waals surface area (Å²) >= 11 is 0. The van der Waals surface area contributed by atoms with Gasteiger partial charge in [-0.05, 0) is 23.3 Å². The Morgan fingerprint density at radius 3 is 2.09 bits per heavy atom. The molecule has 1 aliphatic heterocycles. The van der Waals surface area contributed by atoms with Crippen molar-refractivity contribution in [2.75, 3.05) is 11.9 Å². The molecule has 0 spiro atoms. The van der Waals surface area contributed by atoms with Gasteiger partial charge in [-0.25, -0.2) is 4.79 Å².